The zero-order chi connectivity index (χ0) is 19.0. The fourth-order valence-electron chi connectivity index (χ4n) is 4.17. The first-order chi connectivity index (χ1) is 13.1. The van der Waals surface area contributed by atoms with Gasteiger partial charge in [-0.2, -0.15) is 5.10 Å². The number of methoxy groups -OCH3 is 1. The molecular formula is C21H26N4O2. The van der Waals surface area contributed by atoms with Gasteiger partial charge in [-0.1, -0.05) is 12.1 Å². The summed E-state index contributed by atoms with van der Waals surface area (Å²) in [6.07, 6.45) is 3.29. The molecule has 1 aromatic carbocycles. The number of ether oxygens (including phenoxy) is 1. The highest BCUT2D eigenvalue weighted by atomic mass is 16.5. The molecule has 1 N–H and O–H groups in total. The minimum atomic E-state index is -0.458. The average Bonchev–Trinajstić information content (AvgIpc) is 3.01. The maximum atomic E-state index is 10.8. The van der Waals surface area contributed by atoms with Crippen molar-refractivity contribution in [3.05, 3.63) is 47.8 Å². The molecule has 27 heavy (non-hydrogen) atoms. The fourth-order valence-corrected chi connectivity index (χ4v) is 4.17. The van der Waals surface area contributed by atoms with E-state index < -0.39 is 6.10 Å². The molecule has 142 valence electrons. The summed E-state index contributed by atoms with van der Waals surface area (Å²) < 4.78 is 7.13. The summed E-state index contributed by atoms with van der Waals surface area (Å²) in [6, 6.07) is 9.83. The number of piperidine rings is 1. The third kappa shape index (κ3) is 3.25. The molecule has 1 aliphatic heterocycles. The SMILES string of the molecule is COc1cccc(C(O)C2CCN(c3ccnc4c3c(C)nn4C)CC2)c1. The Balaban J connectivity index is 1.51. The lowest BCUT2D eigenvalue weighted by Gasteiger charge is -2.36. The molecule has 1 unspecified atom stereocenters. The standard InChI is InChI=1S/C21H26N4O2/c1-14-19-18(7-10-22-21(19)24(2)23-14)25-11-8-15(9-12-25)20(26)16-5-4-6-17(13-16)27-3/h4-7,10,13,15,20,26H,8-9,11-12H2,1-3H3. The molecule has 0 radical (unpaired) electrons. The van der Waals surface area contributed by atoms with Crippen LogP contribution in [0.25, 0.3) is 11.0 Å². The van der Waals surface area contributed by atoms with Gasteiger partial charge in [0.1, 0.15) is 5.75 Å². The van der Waals surface area contributed by atoms with Gasteiger partial charge >= 0.3 is 0 Å². The number of aryl methyl sites for hydroxylation is 2. The number of rotatable bonds is 4. The van der Waals surface area contributed by atoms with Crippen molar-refractivity contribution in [2.45, 2.75) is 25.9 Å². The van der Waals surface area contributed by atoms with E-state index in [9.17, 15) is 5.11 Å². The highest BCUT2D eigenvalue weighted by Gasteiger charge is 2.28. The molecule has 0 aliphatic carbocycles. The lowest BCUT2D eigenvalue weighted by Crippen LogP contribution is -2.35. The van der Waals surface area contributed by atoms with Gasteiger partial charge in [-0.15, -0.1) is 0 Å². The van der Waals surface area contributed by atoms with Gasteiger partial charge in [0, 0.05) is 26.3 Å². The molecule has 0 spiro atoms. The van der Waals surface area contributed by atoms with Gasteiger partial charge < -0.3 is 14.7 Å². The largest absolute Gasteiger partial charge is 0.497 e. The number of aliphatic hydroxyl groups is 1. The van der Waals surface area contributed by atoms with Crippen molar-refractivity contribution >= 4 is 16.7 Å². The normalized spacial score (nSPS) is 16.7. The zero-order valence-corrected chi connectivity index (χ0v) is 16.1. The van der Waals surface area contributed by atoms with Crippen molar-refractivity contribution in [2.24, 2.45) is 13.0 Å². The molecule has 4 rings (SSSR count). The van der Waals surface area contributed by atoms with E-state index >= 15 is 0 Å². The smallest absolute Gasteiger partial charge is 0.159 e. The van der Waals surface area contributed by atoms with E-state index in [2.05, 4.69) is 21.0 Å². The van der Waals surface area contributed by atoms with Crippen LogP contribution in [-0.2, 0) is 7.05 Å². The van der Waals surface area contributed by atoms with Gasteiger partial charge in [-0.3, -0.25) is 4.68 Å². The van der Waals surface area contributed by atoms with Gasteiger partial charge in [0.05, 0.1) is 30.0 Å². The second-order valence-corrected chi connectivity index (χ2v) is 7.28. The number of benzene rings is 1. The molecular weight excluding hydrogens is 340 g/mol. The van der Waals surface area contributed by atoms with Crippen LogP contribution in [0.15, 0.2) is 36.5 Å². The highest BCUT2D eigenvalue weighted by Crippen LogP contribution is 2.35. The summed E-state index contributed by atoms with van der Waals surface area (Å²) in [5, 5.41) is 16.5. The Labute approximate surface area is 159 Å². The molecule has 0 saturated carbocycles. The van der Waals surface area contributed by atoms with E-state index in [0.717, 1.165) is 54.0 Å². The minimum Gasteiger partial charge on any atom is -0.497 e. The Morgan fingerprint density at radius 3 is 2.74 bits per heavy atom. The molecule has 1 saturated heterocycles. The topological polar surface area (TPSA) is 63.4 Å². The summed E-state index contributed by atoms with van der Waals surface area (Å²) in [5.74, 6) is 1.04. The first-order valence-corrected chi connectivity index (χ1v) is 9.43. The van der Waals surface area contributed by atoms with Gasteiger partial charge in [-0.25, -0.2) is 4.98 Å². The first kappa shape index (κ1) is 17.8. The van der Waals surface area contributed by atoms with Crippen LogP contribution in [0.3, 0.4) is 0 Å². The van der Waals surface area contributed by atoms with Crippen LogP contribution < -0.4 is 9.64 Å². The molecule has 2 aromatic heterocycles. The van der Waals surface area contributed by atoms with Gasteiger partial charge in [0.25, 0.3) is 0 Å². The molecule has 6 nitrogen and oxygen atoms in total. The summed E-state index contributed by atoms with van der Waals surface area (Å²) in [5.41, 5.74) is 4.06. The fraction of sp³-hybridized carbons (Fsp3) is 0.429. The van der Waals surface area contributed by atoms with Crippen LogP contribution in [-0.4, -0.2) is 40.1 Å². The van der Waals surface area contributed by atoms with Crippen molar-refractivity contribution in [3.8, 4) is 5.75 Å². The molecule has 0 amide bonds. The average molecular weight is 366 g/mol. The Morgan fingerprint density at radius 1 is 1.22 bits per heavy atom. The van der Waals surface area contributed by atoms with Crippen molar-refractivity contribution in [1.82, 2.24) is 14.8 Å². The second-order valence-electron chi connectivity index (χ2n) is 7.28. The van der Waals surface area contributed by atoms with Crippen molar-refractivity contribution in [3.63, 3.8) is 0 Å². The molecule has 0 bridgehead atoms. The number of anilines is 1. The van der Waals surface area contributed by atoms with Crippen LogP contribution >= 0.6 is 0 Å². The van der Waals surface area contributed by atoms with E-state index in [0.29, 0.717) is 0 Å². The zero-order valence-electron chi connectivity index (χ0n) is 16.1. The Morgan fingerprint density at radius 2 is 2.00 bits per heavy atom. The predicted molar refractivity (Wildman–Crippen MR) is 106 cm³/mol. The van der Waals surface area contributed by atoms with Crippen LogP contribution in [0.2, 0.25) is 0 Å². The summed E-state index contributed by atoms with van der Waals surface area (Å²) in [7, 11) is 3.59. The molecule has 1 fully saturated rings. The van der Waals surface area contributed by atoms with Crippen LogP contribution in [0, 0.1) is 12.8 Å². The maximum Gasteiger partial charge on any atom is 0.159 e. The van der Waals surface area contributed by atoms with Crippen LogP contribution in [0.1, 0.15) is 30.2 Å². The third-order valence-electron chi connectivity index (χ3n) is 5.64. The molecule has 1 atom stereocenters. The van der Waals surface area contributed by atoms with E-state index in [1.807, 2.05) is 49.1 Å². The second kappa shape index (κ2) is 7.19. The van der Waals surface area contributed by atoms with Crippen molar-refractivity contribution in [1.29, 1.82) is 0 Å². The minimum absolute atomic E-state index is 0.251. The predicted octanol–water partition coefficient (Wildman–Crippen LogP) is 3.24. The number of hydrogen-bond donors (Lipinski definition) is 1. The number of pyridine rings is 1. The Kier molecular flexibility index (Phi) is 4.74. The quantitative estimate of drug-likeness (QED) is 0.768. The van der Waals surface area contributed by atoms with Gasteiger partial charge in [0.2, 0.25) is 0 Å². The first-order valence-electron chi connectivity index (χ1n) is 9.43. The number of nitrogens with zero attached hydrogens (tertiary/aromatic N) is 4. The monoisotopic (exact) mass is 366 g/mol. The van der Waals surface area contributed by atoms with Gasteiger partial charge in [-0.05, 0) is 49.4 Å². The Hall–Kier alpha value is -2.60. The highest BCUT2D eigenvalue weighted by molar-refractivity contribution is 5.91. The molecule has 1 aliphatic rings. The number of hydrogen-bond acceptors (Lipinski definition) is 5. The van der Waals surface area contributed by atoms with Crippen LogP contribution in [0.5, 0.6) is 5.75 Å². The summed E-state index contributed by atoms with van der Waals surface area (Å²) in [4.78, 5) is 6.87. The van der Waals surface area contributed by atoms with Crippen molar-refractivity contribution in [2.75, 3.05) is 25.1 Å². The van der Waals surface area contributed by atoms with Gasteiger partial charge in [0.15, 0.2) is 5.65 Å². The summed E-state index contributed by atoms with van der Waals surface area (Å²) >= 11 is 0. The lowest BCUT2D eigenvalue weighted by molar-refractivity contribution is 0.0928. The van der Waals surface area contributed by atoms with E-state index in [-0.39, 0.29) is 5.92 Å². The van der Waals surface area contributed by atoms with E-state index in [1.54, 1.807) is 7.11 Å². The maximum absolute atomic E-state index is 10.8. The molecule has 6 heteroatoms. The van der Waals surface area contributed by atoms with Crippen molar-refractivity contribution < 1.29 is 9.84 Å². The number of aromatic nitrogens is 3. The molecule has 3 heterocycles. The van der Waals surface area contributed by atoms with Crippen LogP contribution in [0.4, 0.5) is 5.69 Å². The third-order valence-corrected chi connectivity index (χ3v) is 5.64. The Bertz CT molecular complexity index is 945. The van der Waals surface area contributed by atoms with E-state index in [1.165, 1.54) is 5.69 Å². The molecule has 3 aromatic rings. The number of fused-ring (bicyclic) bond motifs is 1. The number of aliphatic hydroxyl groups excluding tert-OH is 1. The van der Waals surface area contributed by atoms with E-state index in [4.69, 9.17) is 4.74 Å². The summed E-state index contributed by atoms with van der Waals surface area (Å²) in [6.45, 7) is 3.87. The lowest BCUT2D eigenvalue weighted by atomic mass is 9.87.